The minimum atomic E-state index is -1.06. The largest absolute Gasteiger partial charge is 0.493 e. The Balaban J connectivity index is 0.857. The highest BCUT2D eigenvalue weighted by Crippen LogP contribution is 2.42. The molecule has 4 amide bonds. The van der Waals surface area contributed by atoms with E-state index in [4.69, 9.17) is 36.3 Å². The van der Waals surface area contributed by atoms with Crippen LogP contribution in [0.3, 0.4) is 0 Å². The lowest BCUT2D eigenvalue weighted by atomic mass is 9.86. The fourth-order valence-electron chi connectivity index (χ4n) is 8.31. The summed E-state index contributed by atoms with van der Waals surface area (Å²) >= 11 is 6.21. The summed E-state index contributed by atoms with van der Waals surface area (Å²) in [7, 11) is 3.00. The topological polar surface area (TPSA) is 212 Å². The summed E-state index contributed by atoms with van der Waals surface area (Å²) in [5.41, 5.74) is 10.6. The van der Waals surface area contributed by atoms with Crippen LogP contribution in [0.25, 0.3) is 6.08 Å². The maximum Gasteiger partial charge on any atom is 0.255 e. The fraction of sp³-hybridized carbons (Fsp3) is 0.378. The summed E-state index contributed by atoms with van der Waals surface area (Å²) in [6.07, 6.45) is 8.33. The number of azo groups is 1. The van der Waals surface area contributed by atoms with Crippen molar-refractivity contribution in [3.63, 3.8) is 0 Å². The average Bonchev–Trinajstić information content (AvgIpc) is 3.91. The third-order valence-electron chi connectivity index (χ3n) is 11.8. The lowest BCUT2D eigenvalue weighted by Gasteiger charge is -2.39. The minimum absolute atomic E-state index is 0.160. The molecule has 0 bridgehead atoms. The molecule has 2 atom stereocenters. The average molecular weight is 878 g/mol. The molecule has 2 fully saturated rings. The van der Waals surface area contributed by atoms with Gasteiger partial charge in [-0.3, -0.25) is 24.5 Å². The van der Waals surface area contributed by atoms with Gasteiger partial charge in [-0.2, -0.15) is 10.2 Å². The van der Waals surface area contributed by atoms with Crippen molar-refractivity contribution < 1.29 is 38.1 Å². The van der Waals surface area contributed by atoms with Gasteiger partial charge in [0.05, 0.1) is 49.5 Å². The van der Waals surface area contributed by atoms with Gasteiger partial charge in [0, 0.05) is 72.9 Å². The van der Waals surface area contributed by atoms with Crippen molar-refractivity contribution in [1.29, 1.82) is 0 Å². The van der Waals surface area contributed by atoms with Crippen molar-refractivity contribution in [2.75, 3.05) is 52.0 Å². The molecule has 1 aliphatic carbocycles. The summed E-state index contributed by atoms with van der Waals surface area (Å²) in [6.45, 7) is 2.03. The van der Waals surface area contributed by atoms with E-state index in [9.17, 15) is 19.2 Å². The van der Waals surface area contributed by atoms with Crippen LogP contribution in [0.15, 0.2) is 77.2 Å². The molecule has 328 valence electrons. The van der Waals surface area contributed by atoms with Gasteiger partial charge in [-0.25, -0.2) is 9.97 Å². The summed E-state index contributed by atoms with van der Waals surface area (Å²) in [4.78, 5) is 63.9. The smallest absolute Gasteiger partial charge is 0.255 e. The first-order valence-electron chi connectivity index (χ1n) is 20.8. The molecule has 0 saturated carbocycles. The lowest BCUT2D eigenvalue weighted by molar-refractivity contribution is -0.137. The van der Waals surface area contributed by atoms with Crippen LogP contribution < -0.4 is 35.5 Å². The molecule has 4 N–H and O–H groups in total. The maximum atomic E-state index is 13.8. The Morgan fingerprint density at radius 1 is 1.02 bits per heavy atom. The molecule has 4 aromatic rings. The van der Waals surface area contributed by atoms with Gasteiger partial charge in [0.1, 0.15) is 24.8 Å². The number of fused-ring (bicyclic) bond motifs is 2. The number of methoxy groups -OCH3 is 2. The molecule has 0 radical (unpaired) electrons. The third kappa shape index (κ3) is 9.35. The van der Waals surface area contributed by atoms with Crippen molar-refractivity contribution in [3.05, 3.63) is 100.0 Å². The first-order chi connectivity index (χ1) is 30.5. The number of amides is 4. The van der Waals surface area contributed by atoms with Gasteiger partial charge in [-0.05, 0) is 55.5 Å². The van der Waals surface area contributed by atoms with Gasteiger partial charge in [0.25, 0.3) is 5.91 Å². The van der Waals surface area contributed by atoms with Crippen LogP contribution in [0.5, 0.6) is 17.2 Å². The molecule has 4 aliphatic rings. The molecule has 3 aromatic carbocycles. The van der Waals surface area contributed by atoms with Crippen molar-refractivity contribution in [1.82, 2.24) is 25.5 Å². The van der Waals surface area contributed by atoms with E-state index in [-0.39, 0.29) is 56.4 Å². The van der Waals surface area contributed by atoms with Gasteiger partial charge in [-0.1, -0.05) is 42.0 Å². The van der Waals surface area contributed by atoms with E-state index in [0.717, 1.165) is 29.1 Å². The zero-order chi connectivity index (χ0) is 44.1. The van der Waals surface area contributed by atoms with Crippen LogP contribution in [0.1, 0.15) is 70.9 Å². The maximum absolute atomic E-state index is 13.8. The predicted octanol–water partition coefficient (Wildman–Crippen LogP) is 5.53. The summed E-state index contributed by atoms with van der Waals surface area (Å²) in [6, 6.07) is 14.7. The van der Waals surface area contributed by atoms with E-state index in [2.05, 4.69) is 47.9 Å². The quantitative estimate of drug-likeness (QED) is 0.0720. The minimum Gasteiger partial charge on any atom is -0.493 e. The molecule has 2 saturated heterocycles. The highest BCUT2D eigenvalue weighted by atomic mass is 35.5. The SMILES string of the molecule is COc1cc(N=Nc2cccc3c2CN(C2CCC(=O)NC2=O)C3=O)cc(OC)c1OCCOCCC(NC(=O)C1(N)CCN(c2ncnc3c2C=CC3)CC1)c1ccc(Cl)cc1. The van der Waals surface area contributed by atoms with Crippen LogP contribution in [0, 0.1) is 0 Å². The second kappa shape index (κ2) is 18.9. The summed E-state index contributed by atoms with van der Waals surface area (Å²) in [5.74, 6) is 0.573. The Morgan fingerprint density at radius 2 is 1.78 bits per heavy atom. The second-order valence-electron chi connectivity index (χ2n) is 15.7. The number of carbonyl (C=O) groups excluding carboxylic acids is 4. The number of aromatic nitrogens is 2. The number of benzene rings is 3. The molecule has 3 aliphatic heterocycles. The Morgan fingerprint density at radius 3 is 2.51 bits per heavy atom. The first-order valence-corrected chi connectivity index (χ1v) is 21.2. The molecule has 0 spiro atoms. The van der Waals surface area contributed by atoms with Gasteiger partial charge in [-0.15, -0.1) is 0 Å². The summed E-state index contributed by atoms with van der Waals surface area (Å²) < 4.78 is 23.4. The molecule has 18 heteroatoms. The Hall–Kier alpha value is -6.43. The van der Waals surface area contributed by atoms with Crippen LogP contribution in [-0.2, 0) is 32.1 Å². The van der Waals surface area contributed by atoms with Crippen molar-refractivity contribution in [3.8, 4) is 17.2 Å². The number of allylic oxidation sites excluding steroid dienone is 1. The highest BCUT2D eigenvalue weighted by molar-refractivity contribution is 6.30. The molecular weight excluding hydrogens is 830 g/mol. The third-order valence-corrected chi connectivity index (χ3v) is 12.1. The van der Waals surface area contributed by atoms with Crippen LogP contribution in [0.2, 0.25) is 5.02 Å². The molecule has 1 aromatic heterocycles. The Bertz CT molecular complexity index is 2430. The fourth-order valence-corrected chi connectivity index (χ4v) is 8.43. The molecule has 17 nitrogen and oxygen atoms in total. The summed E-state index contributed by atoms with van der Waals surface area (Å²) in [5, 5.41) is 15.0. The Kier molecular flexibility index (Phi) is 13.0. The van der Waals surface area contributed by atoms with Crippen LogP contribution >= 0.6 is 11.6 Å². The number of piperidine rings is 2. The number of hydrogen-bond acceptors (Lipinski definition) is 14. The molecule has 2 unspecified atom stereocenters. The van der Waals surface area contributed by atoms with E-state index < -0.39 is 17.5 Å². The zero-order valence-electron chi connectivity index (χ0n) is 35.0. The highest BCUT2D eigenvalue weighted by Gasteiger charge is 2.41. The monoisotopic (exact) mass is 877 g/mol. The second-order valence-corrected chi connectivity index (χ2v) is 16.2. The van der Waals surface area contributed by atoms with Crippen LogP contribution in [-0.4, -0.2) is 97.2 Å². The number of carbonyl (C=O) groups is 4. The number of rotatable bonds is 16. The predicted molar refractivity (Wildman–Crippen MR) is 233 cm³/mol. The number of halogens is 1. The van der Waals surface area contributed by atoms with Gasteiger partial charge in [0.15, 0.2) is 11.5 Å². The van der Waals surface area contributed by atoms with E-state index >= 15 is 0 Å². The number of imide groups is 1. The van der Waals surface area contributed by atoms with E-state index in [1.165, 1.54) is 19.1 Å². The number of nitrogens with zero attached hydrogens (tertiary/aromatic N) is 6. The van der Waals surface area contributed by atoms with Crippen molar-refractivity contribution in [2.24, 2.45) is 16.0 Å². The first kappa shape index (κ1) is 43.2. The molecule has 4 heterocycles. The number of hydrogen-bond donors (Lipinski definition) is 3. The lowest BCUT2D eigenvalue weighted by Crippen LogP contribution is -2.60. The van der Waals surface area contributed by atoms with E-state index in [0.29, 0.717) is 83.7 Å². The number of nitrogens with two attached hydrogens (primary N) is 1. The zero-order valence-corrected chi connectivity index (χ0v) is 35.7. The number of anilines is 1. The Labute approximate surface area is 369 Å². The van der Waals surface area contributed by atoms with Gasteiger partial charge in [0.2, 0.25) is 23.5 Å². The van der Waals surface area contributed by atoms with E-state index in [1.54, 1.807) is 48.8 Å². The van der Waals surface area contributed by atoms with Crippen LogP contribution in [0.4, 0.5) is 17.2 Å². The van der Waals surface area contributed by atoms with Crippen molar-refractivity contribution >= 4 is 58.5 Å². The van der Waals surface area contributed by atoms with Crippen molar-refractivity contribution in [2.45, 2.75) is 62.7 Å². The van der Waals surface area contributed by atoms with Gasteiger partial charge >= 0.3 is 0 Å². The molecule has 63 heavy (non-hydrogen) atoms. The van der Waals surface area contributed by atoms with Gasteiger partial charge < -0.3 is 39.8 Å². The standard InChI is InChI=1S/C45H48ClN9O8/c1-60-37-23-29(52-53-35-8-3-5-30-32(35)25-55(43(30)58)36-13-14-39(56)51-42(36)57)24-38(61-2)40(37)63-22-21-62-20-15-33(27-9-11-28(46)12-10-27)50-44(59)45(47)16-18-54(19-17-45)41-31-6-4-7-34(31)48-26-49-41/h3-6,8-12,23-24,26,33,36H,7,13-22,25,47H2,1-2H3,(H,50,59)(H,51,56,57). The van der Waals surface area contributed by atoms with E-state index in [1.807, 2.05) is 12.1 Å². The molecular formula is C45H48ClN9O8. The molecule has 8 rings (SSSR count). The number of nitrogens with one attached hydrogen (secondary N) is 2. The number of ether oxygens (including phenoxy) is 4. The normalized spacial score (nSPS) is 18.3.